The molecule has 1 heterocycles. The molecule has 4 heteroatoms. The fraction of sp³-hybridized carbons (Fsp3) is 0.750. The summed E-state index contributed by atoms with van der Waals surface area (Å²) in [5.41, 5.74) is 0. The number of aliphatic hydroxyl groups excluding tert-OH is 1. The first-order chi connectivity index (χ1) is 7.77. The molecule has 90 valence electrons. The van der Waals surface area contributed by atoms with Crippen molar-refractivity contribution >= 4 is 0 Å². The summed E-state index contributed by atoms with van der Waals surface area (Å²) < 4.78 is 7.40. The molecule has 0 bridgehead atoms. The SMILES string of the molecule is CCCn1ccnc1C(O)C(OC)C1CC1. The molecule has 1 aliphatic rings. The first-order valence-corrected chi connectivity index (χ1v) is 5.99. The third-order valence-corrected chi connectivity index (χ3v) is 3.15. The Morgan fingerprint density at radius 3 is 2.94 bits per heavy atom. The molecule has 1 aromatic rings. The number of ether oxygens (including phenoxy) is 1. The van der Waals surface area contributed by atoms with E-state index >= 15 is 0 Å². The summed E-state index contributed by atoms with van der Waals surface area (Å²) in [6, 6.07) is 0. The van der Waals surface area contributed by atoms with Crippen molar-refractivity contribution in [2.24, 2.45) is 5.92 Å². The standard InChI is InChI=1S/C12H20N2O2/c1-3-7-14-8-6-13-12(14)10(15)11(16-2)9-4-5-9/h6,8-11,15H,3-5,7H2,1-2H3. The maximum atomic E-state index is 10.3. The average Bonchev–Trinajstić information content (AvgIpc) is 2.99. The second-order valence-electron chi connectivity index (χ2n) is 4.46. The summed E-state index contributed by atoms with van der Waals surface area (Å²) in [6.45, 7) is 3.01. The van der Waals surface area contributed by atoms with E-state index in [0.717, 1.165) is 31.6 Å². The fourth-order valence-electron chi connectivity index (χ4n) is 2.17. The van der Waals surface area contributed by atoms with Crippen LogP contribution < -0.4 is 0 Å². The van der Waals surface area contributed by atoms with Crippen molar-refractivity contribution in [3.05, 3.63) is 18.2 Å². The van der Waals surface area contributed by atoms with E-state index in [1.54, 1.807) is 13.3 Å². The molecule has 0 saturated heterocycles. The van der Waals surface area contributed by atoms with Crippen molar-refractivity contribution in [1.29, 1.82) is 0 Å². The van der Waals surface area contributed by atoms with Crippen LogP contribution in [0.25, 0.3) is 0 Å². The van der Waals surface area contributed by atoms with E-state index in [9.17, 15) is 5.11 Å². The van der Waals surface area contributed by atoms with Crippen LogP contribution in [0.15, 0.2) is 12.4 Å². The molecule has 0 amide bonds. The molecular weight excluding hydrogens is 204 g/mol. The van der Waals surface area contributed by atoms with Gasteiger partial charge < -0.3 is 14.4 Å². The predicted octanol–water partition coefficient (Wildman–Crippen LogP) is 1.75. The summed E-state index contributed by atoms with van der Waals surface area (Å²) in [5, 5.41) is 10.3. The highest BCUT2D eigenvalue weighted by Crippen LogP contribution is 2.39. The topological polar surface area (TPSA) is 47.3 Å². The number of rotatable bonds is 6. The first kappa shape index (κ1) is 11.6. The van der Waals surface area contributed by atoms with Crippen LogP contribution in [0.4, 0.5) is 0 Å². The van der Waals surface area contributed by atoms with Crippen LogP contribution in [-0.4, -0.2) is 27.9 Å². The zero-order valence-electron chi connectivity index (χ0n) is 9.97. The molecule has 2 unspecified atom stereocenters. The highest BCUT2D eigenvalue weighted by Gasteiger charge is 2.38. The molecule has 4 nitrogen and oxygen atoms in total. The highest BCUT2D eigenvalue weighted by atomic mass is 16.5. The Bertz CT molecular complexity index is 334. The number of aryl methyl sites for hydroxylation is 1. The third-order valence-electron chi connectivity index (χ3n) is 3.15. The Hall–Kier alpha value is -0.870. The second kappa shape index (κ2) is 4.97. The van der Waals surface area contributed by atoms with Crippen molar-refractivity contribution in [3.63, 3.8) is 0 Å². The summed E-state index contributed by atoms with van der Waals surface area (Å²) >= 11 is 0. The van der Waals surface area contributed by atoms with Gasteiger partial charge in [-0.25, -0.2) is 4.98 Å². The summed E-state index contributed by atoms with van der Waals surface area (Å²) in [4.78, 5) is 4.25. The Labute approximate surface area is 96.3 Å². The normalized spacial score (nSPS) is 19.7. The van der Waals surface area contributed by atoms with Gasteiger partial charge in [0.05, 0.1) is 6.10 Å². The van der Waals surface area contributed by atoms with Gasteiger partial charge in [0, 0.05) is 26.0 Å². The number of aliphatic hydroxyl groups is 1. The van der Waals surface area contributed by atoms with Gasteiger partial charge in [-0.05, 0) is 25.2 Å². The van der Waals surface area contributed by atoms with Gasteiger partial charge in [0.2, 0.25) is 0 Å². The fourth-order valence-corrected chi connectivity index (χ4v) is 2.17. The minimum Gasteiger partial charge on any atom is -0.382 e. The molecule has 0 aromatic carbocycles. The van der Waals surface area contributed by atoms with E-state index in [0.29, 0.717) is 5.92 Å². The predicted molar refractivity (Wildman–Crippen MR) is 61.0 cm³/mol. The van der Waals surface area contributed by atoms with Gasteiger partial charge in [-0.15, -0.1) is 0 Å². The monoisotopic (exact) mass is 224 g/mol. The molecule has 0 spiro atoms. The third kappa shape index (κ3) is 2.28. The smallest absolute Gasteiger partial charge is 0.140 e. The lowest BCUT2D eigenvalue weighted by atomic mass is 10.1. The van der Waals surface area contributed by atoms with Gasteiger partial charge in [0.15, 0.2) is 0 Å². The van der Waals surface area contributed by atoms with Crippen LogP contribution in [0.5, 0.6) is 0 Å². The molecule has 1 N–H and O–H groups in total. The van der Waals surface area contributed by atoms with E-state index < -0.39 is 6.10 Å². The first-order valence-electron chi connectivity index (χ1n) is 5.99. The Kier molecular flexibility index (Phi) is 3.61. The quantitative estimate of drug-likeness (QED) is 0.800. The van der Waals surface area contributed by atoms with E-state index in [-0.39, 0.29) is 6.10 Å². The van der Waals surface area contributed by atoms with Gasteiger partial charge >= 0.3 is 0 Å². The van der Waals surface area contributed by atoms with E-state index in [1.807, 2.05) is 10.8 Å². The Morgan fingerprint density at radius 1 is 1.62 bits per heavy atom. The Morgan fingerprint density at radius 2 is 2.38 bits per heavy atom. The zero-order chi connectivity index (χ0) is 11.5. The largest absolute Gasteiger partial charge is 0.382 e. The molecule has 1 saturated carbocycles. The van der Waals surface area contributed by atoms with E-state index in [2.05, 4.69) is 11.9 Å². The molecule has 16 heavy (non-hydrogen) atoms. The van der Waals surface area contributed by atoms with Crippen molar-refractivity contribution < 1.29 is 9.84 Å². The van der Waals surface area contributed by atoms with Crippen molar-refractivity contribution in [3.8, 4) is 0 Å². The number of hydrogen-bond donors (Lipinski definition) is 1. The molecule has 2 rings (SSSR count). The second-order valence-corrected chi connectivity index (χ2v) is 4.46. The molecule has 1 fully saturated rings. The van der Waals surface area contributed by atoms with Crippen LogP contribution >= 0.6 is 0 Å². The highest BCUT2D eigenvalue weighted by molar-refractivity contribution is 5.02. The minimum atomic E-state index is -0.598. The molecule has 1 aromatic heterocycles. The number of hydrogen-bond acceptors (Lipinski definition) is 3. The van der Waals surface area contributed by atoms with Crippen LogP contribution in [0.3, 0.4) is 0 Å². The van der Waals surface area contributed by atoms with Gasteiger partial charge in [0.25, 0.3) is 0 Å². The number of methoxy groups -OCH3 is 1. The van der Waals surface area contributed by atoms with Crippen molar-refractivity contribution in [2.45, 2.75) is 44.9 Å². The van der Waals surface area contributed by atoms with Crippen molar-refractivity contribution in [2.75, 3.05) is 7.11 Å². The lowest BCUT2D eigenvalue weighted by molar-refractivity contribution is -0.0315. The molecular formula is C12H20N2O2. The van der Waals surface area contributed by atoms with Gasteiger partial charge in [-0.3, -0.25) is 0 Å². The number of imidazole rings is 1. The van der Waals surface area contributed by atoms with Crippen LogP contribution in [-0.2, 0) is 11.3 Å². The average molecular weight is 224 g/mol. The lowest BCUT2D eigenvalue weighted by Crippen LogP contribution is -2.25. The van der Waals surface area contributed by atoms with Gasteiger partial charge in [-0.1, -0.05) is 6.92 Å². The minimum absolute atomic E-state index is 0.0991. The maximum absolute atomic E-state index is 10.3. The van der Waals surface area contributed by atoms with Gasteiger partial charge in [0.1, 0.15) is 11.9 Å². The van der Waals surface area contributed by atoms with E-state index in [1.165, 1.54) is 0 Å². The number of nitrogens with zero attached hydrogens (tertiary/aromatic N) is 2. The summed E-state index contributed by atoms with van der Waals surface area (Å²) in [6.07, 6.45) is 6.32. The zero-order valence-corrected chi connectivity index (χ0v) is 9.97. The molecule has 0 aliphatic heterocycles. The van der Waals surface area contributed by atoms with Crippen LogP contribution in [0.2, 0.25) is 0 Å². The summed E-state index contributed by atoms with van der Waals surface area (Å²) in [7, 11) is 1.67. The van der Waals surface area contributed by atoms with Crippen LogP contribution in [0, 0.1) is 5.92 Å². The molecule has 2 atom stereocenters. The van der Waals surface area contributed by atoms with Crippen LogP contribution in [0.1, 0.15) is 38.1 Å². The number of aromatic nitrogens is 2. The maximum Gasteiger partial charge on any atom is 0.140 e. The van der Waals surface area contributed by atoms with E-state index in [4.69, 9.17) is 4.74 Å². The molecule has 1 aliphatic carbocycles. The Balaban J connectivity index is 2.11. The van der Waals surface area contributed by atoms with Gasteiger partial charge in [-0.2, -0.15) is 0 Å². The van der Waals surface area contributed by atoms with Crippen molar-refractivity contribution in [1.82, 2.24) is 9.55 Å². The molecule has 0 radical (unpaired) electrons. The lowest BCUT2D eigenvalue weighted by Gasteiger charge is -2.21. The summed E-state index contributed by atoms with van der Waals surface area (Å²) in [5.74, 6) is 1.24.